The summed E-state index contributed by atoms with van der Waals surface area (Å²) in [4.78, 5) is 3.00. The fourth-order valence-electron chi connectivity index (χ4n) is 5.48. The first-order valence-electron chi connectivity index (χ1n) is 11.4. The Morgan fingerprint density at radius 1 is 0.969 bits per heavy atom. The van der Waals surface area contributed by atoms with Crippen LogP contribution in [-0.4, -0.2) is 43.8 Å². The van der Waals surface area contributed by atoms with Crippen molar-refractivity contribution in [2.24, 2.45) is 0 Å². The number of hydrogen-bond donors (Lipinski definition) is 0. The maximum atomic E-state index is 13.5. The van der Waals surface area contributed by atoms with Crippen molar-refractivity contribution >= 4 is 33.2 Å². The molecule has 3 aromatic rings. The third-order valence-corrected chi connectivity index (χ3v) is 9.02. The second kappa shape index (κ2) is 9.52. The van der Waals surface area contributed by atoms with Crippen LogP contribution < -0.4 is 0 Å². The number of sulfonamides is 1. The molecule has 1 atom stereocenters. The molecule has 1 aliphatic heterocycles. The van der Waals surface area contributed by atoms with Crippen LogP contribution in [0.5, 0.6) is 0 Å². The lowest BCUT2D eigenvalue weighted by Gasteiger charge is -2.35. The van der Waals surface area contributed by atoms with Gasteiger partial charge in [0, 0.05) is 37.6 Å². The van der Waals surface area contributed by atoms with E-state index in [9.17, 15) is 8.42 Å². The highest BCUT2D eigenvalue weighted by atomic mass is 35.5. The number of nitrogens with zero attached hydrogens (tertiary/aromatic N) is 2. The molecular weight excluding hydrogens is 440 g/mol. The first kappa shape index (κ1) is 23.2. The number of aryl methyl sites for hydroxylation is 1. The molecule has 0 N–H and O–H groups in total. The number of rotatable bonds is 7. The van der Waals surface area contributed by atoms with Gasteiger partial charge in [0.05, 0.1) is 4.90 Å². The van der Waals surface area contributed by atoms with E-state index in [0.717, 1.165) is 36.7 Å². The van der Waals surface area contributed by atoms with Gasteiger partial charge in [0.2, 0.25) is 10.0 Å². The fraction of sp³-hybridized carbons (Fsp3) is 0.385. The van der Waals surface area contributed by atoms with Gasteiger partial charge in [0.15, 0.2) is 0 Å². The molecule has 1 aliphatic carbocycles. The Kier molecular flexibility index (Phi) is 6.91. The SMILES string of the molecule is CCN(CCCN1CCc2cccc3c2[C@H]1CC3)S(=O)(=O)c1cccc2ccccc12.Cl. The van der Waals surface area contributed by atoms with Crippen molar-refractivity contribution in [2.75, 3.05) is 26.2 Å². The topological polar surface area (TPSA) is 40.6 Å². The van der Waals surface area contributed by atoms with E-state index in [0.29, 0.717) is 24.0 Å². The summed E-state index contributed by atoms with van der Waals surface area (Å²) in [5.41, 5.74) is 4.59. The lowest BCUT2D eigenvalue weighted by atomic mass is 9.93. The average molecular weight is 471 g/mol. The highest BCUT2D eigenvalue weighted by Gasteiger charge is 2.33. The summed E-state index contributed by atoms with van der Waals surface area (Å²) in [5, 5.41) is 1.76. The van der Waals surface area contributed by atoms with Crippen molar-refractivity contribution in [1.29, 1.82) is 0 Å². The van der Waals surface area contributed by atoms with Crippen molar-refractivity contribution in [3.63, 3.8) is 0 Å². The van der Waals surface area contributed by atoms with Gasteiger partial charge in [-0.1, -0.05) is 61.5 Å². The summed E-state index contributed by atoms with van der Waals surface area (Å²) in [6.07, 6.45) is 4.32. The minimum Gasteiger partial charge on any atom is -0.296 e. The van der Waals surface area contributed by atoms with Gasteiger partial charge in [-0.25, -0.2) is 8.42 Å². The molecule has 0 unspecified atom stereocenters. The molecule has 0 radical (unpaired) electrons. The Balaban J connectivity index is 0.00000245. The zero-order valence-electron chi connectivity index (χ0n) is 18.5. The Bertz CT molecular complexity index is 1210. The van der Waals surface area contributed by atoms with E-state index in [4.69, 9.17) is 0 Å². The summed E-state index contributed by atoms with van der Waals surface area (Å²) in [6, 6.07) is 20.5. The molecule has 4 nitrogen and oxygen atoms in total. The van der Waals surface area contributed by atoms with E-state index in [1.54, 1.807) is 15.9 Å². The van der Waals surface area contributed by atoms with E-state index >= 15 is 0 Å². The van der Waals surface area contributed by atoms with Gasteiger partial charge in [0.25, 0.3) is 0 Å². The second-order valence-corrected chi connectivity index (χ2v) is 10.6. The third-order valence-electron chi connectivity index (χ3n) is 6.99. The van der Waals surface area contributed by atoms with Crippen LogP contribution in [0.3, 0.4) is 0 Å². The van der Waals surface area contributed by atoms with Crippen LogP contribution in [-0.2, 0) is 22.9 Å². The largest absolute Gasteiger partial charge is 0.296 e. The lowest BCUT2D eigenvalue weighted by Crippen LogP contribution is -2.38. The van der Waals surface area contributed by atoms with Crippen molar-refractivity contribution in [1.82, 2.24) is 9.21 Å². The van der Waals surface area contributed by atoms with Gasteiger partial charge >= 0.3 is 0 Å². The molecule has 5 rings (SSSR count). The molecule has 6 heteroatoms. The van der Waals surface area contributed by atoms with Crippen LogP contribution in [0.2, 0.25) is 0 Å². The summed E-state index contributed by atoms with van der Waals surface area (Å²) in [5.74, 6) is 0. The van der Waals surface area contributed by atoms with Gasteiger partial charge in [-0.3, -0.25) is 4.90 Å². The molecule has 0 spiro atoms. The molecule has 0 aromatic heterocycles. The molecule has 0 fully saturated rings. The zero-order chi connectivity index (χ0) is 21.4. The van der Waals surface area contributed by atoms with Gasteiger partial charge in [-0.05, 0) is 53.8 Å². The van der Waals surface area contributed by atoms with Crippen LogP contribution in [0.25, 0.3) is 10.8 Å². The summed E-state index contributed by atoms with van der Waals surface area (Å²) in [6.45, 7) is 4.99. The standard InChI is InChI=1S/C26H30N2O2S.ClH/c1-2-28(31(29,30)25-13-6-9-20-8-3-4-12-23(20)25)18-7-17-27-19-16-22-11-5-10-21-14-15-24(27)26(21)22;/h3-6,8-13,24H,2,7,14-19H2,1H3;1H/t24-;/m1./s1. The van der Waals surface area contributed by atoms with E-state index < -0.39 is 10.0 Å². The number of halogens is 1. The normalized spacial score (nSPS) is 18.0. The first-order valence-corrected chi connectivity index (χ1v) is 12.9. The van der Waals surface area contributed by atoms with Crippen LogP contribution in [0.4, 0.5) is 0 Å². The monoisotopic (exact) mass is 470 g/mol. The van der Waals surface area contributed by atoms with Gasteiger partial charge in [0.1, 0.15) is 0 Å². The maximum Gasteiger partial charge on any atom is 0.243 e. The summed E-state index contributed by atoms with van der Waals surface area (Å²) >= 11 is 0. The van der Waals surface area contributed by atoms with Crippen LogP contribution >= 0.6 is 12.4 Å². The molecule has 3 aromatic carbocycles. The van der Waals surface area contributed by atoms with Crippen molar-refractivity contribution in [2.45, 2.75) is 43.5 Å². The third kappa shape index (κ3) is 4.08. The highest BCUT2D eigenvalue weighted by molar-refractivity contribution is 7.89. The number of benzene rings is 3. The molecule has 2 aliphatic rings. The molecule has 170 valence electrons. The summed E-state index contributed by atoms with van der Waals surface area (Å²) < 4.78 is 28.6. The molecule has 0 saturated heterocycles. The number of fused-ring (bicyclic) bond motifs is 1. The van der Waals surface area contributed by atoms with E-state index in [1.807, 2.05) is 43.3 Å². The fourth-order valence-corrected chi connectivity index (χ4v) is 7.18. The van der Waals surface area contributed by atoms with Crippen LogP contribution in [0, 0.1) is 0 Å². The molecule has 32 heavy (non-hydrogen) atoms. The minimum atomic E-state index is -3.52. The lowest BCUT2D eigenvalue weighted by molar-refractivity contribution is 0.179. The van der Waals surface area contributed by atoms with Gasteiger partial charge < -0.3 is 0 Å². The molecule has 0 amide bonds. The Labute approximate surface area is 197 Å². The maximum absolute atomic E-state index is 13.5. The van der Waals surface area contributed by atoms with Gasteiger partial charge in [-0.2, -0.15) is 4.31 Å². The van der Waals surface area contributed by atoms with Crippen molar-refractivity contribution in [3.8, 4) is 0 Å². The smallest absolute Gasteiger partial charge is 0.243 e. The average Bonchev–Trinajstić information content (AvgIpc) is 3.23. The molecule has 0 bridgehead atoms. The Morgan fingerprint density at radius 3 is 2.50 bits per heavy atom. The zero-order valence-corrected chi connectivity index (χ0v) is 20.2. The molecule has 1 heterocycles. The van der Waals surface area contributed by atoms with Crippen LogP contribution in [0.1, 0.15) is 42.5 Å². The molecule has 0 saturated carbocycles. The predicted octanol–water partition coefficient (Wildman–Crippen LogP) is 5.21. The Morgan fingerprint density at radius 2 is 1.69 bits per heavy atom. The first-order chi connectivity index (χ1) is 15.1. The second-order valence-electron chi connectivity index (χ2n) is 8.66. The van der Waals surface area contributed by atoms with Crippen molar-refractivity contribution in [3.05, 3.63) is 77.4 Å². The van der Waals surface area contributed by atoms with E-state index in [-0.39, 0.29) is 12.4 Å². The quantitative estimate of drug-likeness (QED) is 0.476. The molecular formula is C26H31ClN2O2S. The Hall–Kier alpha value is -1.92. The number of hydrogen-bond acceptors (Lipinski definition) is 3. The highest BCUT2D eigenvalue weighted by Crippen LogP contribution is 2.41. The van der Waals surface area contributed by atoms with E-state index in [2.05, 4.69) is 23.1 Å². The van der Waals surface area contributed by atoms with Crippen molar-refractivity contribution < 1.29 is 8.42 Å². The van der Waals surface area contributed by atoms with E-state index in [1.165, 1.54) is 24.0 Å². The minimum absolute atomic E-state index is 0. The van der Waals surface area contributed by atoms with Crippen LogP contribution in [0.15, 0.2) is 65.6 Å². The predicted molar refractivity (Wildman–Crippen MR) is 133 cm³/mol. The summed E-state index contributed by atoms with van der Waals surface area (Å²) in [7, 11) is -3.52. The van der Waals surface area contributed by atoms with Gasteiger partial charge in [-0.15, -0.1) is 12.4 Å².